The molecule has 0 saturated carbocycles. The molecule has 0 radical (unpaired) electrons. The van der Waals surface area contributed by atoms with Gasteiger partial charge in [-0.05, 0) is 24.1 Å². The summed E-state index contributed by atoms with van der Waals surface area (Å²) in [5.74, 6) is -2.21. The molecule has 6 nitrogen and oxygen atoms in total. The van der Waals surface area contributed by atoms with E-state index in [1.807, 2.05) is 31.2 Å². The SMILES string of the molecule is CC(=O)N[C@@H](Cc1ccccc1F)C(=O)N[C@H](Cc1ccc(C)cc1)C(N)=O. The van der Waals surface area contributed by atoms with E-state index in [1.54, 1.807) is 6.07 Å². The fraction of sp³-hybridized carbons (Fsp3) is 0.286. The number of hydrogen-bond acceptors (Lipinski definition) is 3. The van der Waals surface area contributed by atoms with Gasteiger partial charge in [0.1, 0.15) is 17.9 Å². The molecule has 0 aliphatic rings. The second kappa shape index (κ2) is 9.64. The van der Waals surface area contributed by atoms with Crippen LogP contribution in [0.2, 0.25) is 0 Å². The maximum absolute atomic E-state index is 13.9. The van der Waals surface area contributed by atoms with E-state index in [-0.39, 0.29) is 18.4 Å². The molecule has 0 heterocycles. The lowest BCUT2D eigenvalue weighted by atomic mass is 10.0. The first kappa shape index (κ1) is 21.1. The van der Waals surface area contributed by atoms with Gasteiger partial charge in [-0.1, -0.05) is 48.0 Å². The van der Waals surface area contributed by atoms with Crippen LogP contribution in [0.5, 0.6) is 0 Å². The van der Waals surface area contributed by atoms with Crippen LogP contribution in [-0.2, 0) is 27.2 Å². The Kier molecular flexibility index (Phi) is 7.26. The van der Waals surface area contributed by atoms with Crippen LogP contribution >= 0.6 is 0 Å². The van der Waals surface area contributed by atoms with Gasteiger partial charge < -0.3 is 16.4 Å². The van der Waals surface area contributed by atoms with Gasteiger partial charge >= 0.3 is 0 Å². The van der Waals surface area contributed by atoms with E-state index in [0.717, 1.165) is 11.1 Å². The smallest absolute Gasteiger partial charge is 0.243 e. The van der Waals surface area contributed by atoms with Crippen LogP contribution in [0.15, 0.2) is 48.5 Å². The van der Waals surface area contributed by atoms with Crippen molar-refractivity contribution in [1.29, 1.82) is 0 Å². The third-order valence-electron chi connectivity index (χ3n) is 4.30. The Morgan fingerprint density at radius 2 is 1.61 bits per heavy atom. The minimum absolute atomic E-state index is 0.0475. The lowest BCUT2D eigenvalue weighted by Crippen LogP contribution is -2.54. The Balaban J connectivity index is 2.14. The Morgan fingerprint density at radius 3 is 2.18 bits per heavy atom. The van der Waals surface area contributed by atoms with Gasteiger partial charge in [0.15, 0.2) is 0 Å². The summed E-state index contributed by atoms with van der Waals surface area (Å²) >= 11 is 0. The predicted octanol–water partition coefficient (Wildman–Crippen LogP) is 1.39. The van der Waals surface area contributed by atoms with Crippen molar-refractivity contribution >= 4 is 17.7 Å². The van der Waals surface area contributed by atoms with E-state index in [4.69, 9.17) is 5.73 Å². The quantitative estimate of drug-likeness (QED) is 0.640. The van der Waals surface area contributed by atoms with E-state index in [2.05, 4.69) is 10.6 Å². The average molecular weight is 385 g/mol. The fourth-order valence-corrected chi connectivity index (χ4v) is 2.79. The molecule has 148 valence electrons. The van der Waals surface area contributed by atoms with Crippen molar-refractivity contribution in [2.24, 2.45) is 5.73 Å². The summed E-state index contributed by atoms with van der Waals surface area (Å²) in [4.78, 5) is 36.0. The molecule has 2 aromatic carbocycles. The summed E-state index contributed by atoms with van der Waals surface area (Å²) in [5.41, 5.74) is 7.62. The van der Waals surface area contributed by atoms with Crippen molar-refractivity contribution in [2.75, 3.05) is 0 Å². The van der Waals surface area contributed by atoms with Gasteiger partial charge in [-0.25, -0.2) is 4.39 Å². The zero-order valence-corrected chi connectivity index (χ0v) is 15.9. The number of hydrogen-bond donors (Lipinski definition) is 3. The van der Waals surface area contributed by atoms with Gasteiger partial charge in [-0.15, -0.1) is 0 Å². The predicted molar refractivity (Wildman–Crippen MR) is 104 cm³/mol. The van der Waals surface area contributed by atoms with Crippen molar-refractivity contribution in [3.05, 3.63) is 71.0 Å². The second-order valence-corrected chi connectivity index (χ2v) is 6.70. The molecular weight excluding hydrogens is 361 g/mol. The third kappa shape index (κ3) is 6.19. The number of benzene rings is 2. The summed E-state index contributed by atoms with van der Waals surface area (Å²) in [5, 5.41) is 5.08. The number of carbonyl (C=O) groups excluding carboxylic acids is 3. The molecule has 2 atom stereocenters. The van der Waals surface area contributed by atoms with Gasteiger partial charge in [-0.2, -0.15) is 0 Å². The van der Waals surface area contributed by atoms with Crippen molar-refractivity contribution < 1.29 is 18.8 Å². The summed E-state index contributed by atoms with van der Waals surface area (Å²) in [6.45, 7) is 3.21. The minimum atomic E-state index is -1.03. The standard InChI is InChI=1S/C21H24FN3O3/c1-13-7-9-15(10-8-13)11-18(20(23)27)25-21(28)19(24-14(2)26)12-16-5-3-4-6-17(16)22/h3-10,18-19H,11-12H2,1-2H3,(H2,23,27)(H,24,26)(H,25,28)/t18-,19+/m1/s1. The van der Waals surface area contributed by atoms with Gasteiger partial charge in [-0.3, -0.25) is 14.4 Å². The molecule has 0 bridgehead atoms. The second-order valence-electron chi connectivity index (χ2n) is 6.70. The van der Waals surface area contributed by atoms with E-state index in [9.17, 15) is 18.8 Å². The molecule has 4 N–H and O–H groups in total. The number of amides is 3. The zero-order valence-electron chi connectivity index (χ0n) is 15.9. The van der Waals surface area contributed by atoms with Crippen LogP contribution in [0.3, 0.4) is 0 Å². The molecular formula is C21H24FN3O3. The van der Waals surface area contributed by atoms with E-state index in [1.165, 1.54) is 25.1 Å². The van der Waals surface area contributed by atoms with Crippen LogP contribution in [0.1, 0.15) is 23.6 Å². The monoisotopic (exact) mass is 385 g/mol. The van der Waals surface area contributed by atoms with E-state index < -0.39 is 35.6 Å². The van der Waals surface area contributed by atoms with Crippen LogP contribution in [0.25, 0.3) is 0 Å². The topological polar surface area (TPSA) is 101 Å². The summed E-state index contributed by atoms with van der Waals surface area (Å²) < 4.78 is 13.9. The van der Waals surface area contributed by atoms with Crippen molar-refractivity contribution in [3.8, 4) is 0 Å². The molecule has 0 aromatic heterocycles. The highest BCUT2D eigenvalue weighted by molar-refractivity contribution is 5.91. The van der Waals surface area contributed by atoms with Crippen LogP contribution in [0, 0.1) is 12.7 Å². The van der Waals surface area contributed by atoms with Crippen molar-refractivity contribution in [2.45, 2.75) is 38.8 Å². The molecule has 0 saturated heterocycles. The Morgan fingerprint density at radius 1 is 0.964 bits per heavy atom. The molecule has 0 aliphatic heterocycles. The van der Waals surface area contributed by atoms with Gasteiger partial charge in [0.05, 0.1) is 0 Å². The fourth-order valence-electron chi connectivity index (χ4n) is 2.79. The number of nitrogens with two attached hydrogens (primary N) is 1. The first-order valence-corrected chi connectivity index (χ1v) is 8.92. The zero-order chi connectivity index (χ0) is 20.7. The number of primary amides is 1. The number of aryl methyl sites for hydroxylation is 1. The van der Waals surface area contributed by atoms with Gasteiger partial charge in [0, 0.05) is 19.8 Å². The highest BCUT2D eigenvalue weighted by Crippen LogP contribution is 2.11. The van der Waals surface area contributed by atoms with Gasteiger partial charge in [0.2, 0.25) is 17.7 Å². The molecule has 2 aromatic rings. The lowest BCUT2D eigenvalue weighted by molar-refractivity contribution is -0.130. The maximum atomic E-state index is 13.9. The first-order chi connectivity index (χ1) is 13.3. The Bertz CT molecular complexity index is 852. The molecule has 0 aliphatic carbocycles. The largest absolute Gasteiger partial charge is 0.368 e. The molecule has 0 spiro atoms. The van der Waals surface area contributed by atoms with Gasteiger partial charge in [0.25, 0.3) is 0 Å². The molecule has 0 unspecified atom stereocenters. The molecule has 28 heavy (non-hydrogen) atoms. The third-order valence-corrected chi connectivity index (χ3v) is 4.30. The van der Waals surface area contributed by atoms with Crippen LogP contribution in [0.4, 0.5) is 4.39 Å². The summed E-state index contributed by atoms with van der Waals surface area (Å²) in [6.07, 6.45) is 0.169. The van der Waals surface area contributed by atoms with Crippen molar-refractivity contribution in [3.63, 3.8) is 0 Å². The summed E-state index contributed by atoms with van der Waals surface area (Å²) in [6, 6.07) is 11.5. The van der Waals surface area contributed by atoms with E-state index >= 15 is 0 Å². The molecule has 3 amide bonds. The van der Waals surface area contributed by atoms with Crippen LogP contribution < -0.4 is 16.4 Å². The minimum Gasteiger partial charge on any atom is -0.368 e. The molecule has 7 heteroatoms. The number of rotatable bonds is 8. The normalized spacial score (nSPS) is 12.7. The highest BCUT2D eigenvalue weighted by atomic mass is 19.1. The number of carbonyl (C=O) groups is 3. The van der Waals surface area contributed by atoms with Crippen LogP contribution in [-0.4, -0.2) is 29.8 Å². The maximum Gasteiger partial charge on any atom is 0.243 e. The Labute approximate surface area is 163 Å². The number of halogens is 1. The molecule has 0 fully saturated rings. The van der Waals surface area contributed by atoms with E-state index in [0.29, 0.717) is 0 Å². The first-order valence-electron chi connectivity index (χ1n) is 8.92. The highest BCUT2D eigenvalue weighted by Gasteiger charge is 2.26. The molecule has 2 rings (SSSR count). The lowest BCUT2D eigenvalue weighted by Gasteiger charge is -2.22. The summed E-state index contributed by atoms with van der Waals surface area (Å²) in [7, 11) is 0. The Hall–Kier alpha value is -3.22. The average Bonchev–Trinajstić information content (AvgIpc) is 2.63. The number of nitrogens with one attached hydrogen (secondary N) is 2. The van der Waals surface area contributed by atoms with Crippen molar-refractivity contribution in [1.82, 2.24) is 10.6 Å².